The number of aliphatic hydroxyl groups is 1. The first-order chi connectivity index (χ1) is 7.54. The third kappa shape index (κ3) is 4.08. The molecule has 1 N–H and O–H groups in total. The van der Waals surface area contributed by atoms with Gasteiger partial charge in [0, 0.05) is 15.9 Å². The summed E-state index contributed by atoms with van der Waals surface area (Å²) in [6.45, 7) is 4.22. The molecule has 0 saturated carbocycles. The largest absolute Gasteiger partial charge is 0.393 e. The Morgan fingerprint density at radius 3 is 2.69 bits per heavy atom. The third-order valence-electron chi connectivity index (χ3n) is 2.85. The van der Waals surface area contributed by atoms with Gasteiger partial charge in [0.15, 0.2) is 0 Å². The summed E-state index contributed by atoms with van der Waals surface area (Å²) in [5, 5.41) is 10.7. The van der Waals surface area contributed by atoms with E-state index in [4.69, 9.17) is 11.6 Å². The first kappa shape index (κ1) is 14.0. The average molecular weight is 306 g/mol. The Kier molecular flexibility index (Phi) is 5.81. The lowest BCUT2D eigenvalue weighted by Crippen LogP contribution is -2.20. The number of halogens is 2. The van der Waals surface area contributed by atoms with Crippen molar-refractivity contribution in [3.63, 3.8) is 0 Å². The molecule has 0 heterocycles. The first-order valence-electron chi connectivity index (χ1n) is 5.66. The highest BCUT2D eigenvalue weighted by atomic mass is 79.9. The molecule has 2 unspecified atom stereocenters. The zero-order valence-electron chi connectivity index (χ0n) is 9.71. The fourth-order valence-corrected chi connectivity index (χ4v) is 2.51. The Hall–Kier alpha value is -0.0500. The summed E-state index contributed by atoms with van der Waals surface area (Å²) >= 11 is 9.48. The van der Waals surface area contributed by atoms with E-state index in [1.54, 1.807) is 0 Å². The SMILES string of the molecule is CCCC(C)C(O)Cc1ccc(Br)cc1Cl. The van der Waals surface area contributed by atoms with E-state index in [0.717, 1.165) is 27.9 Å². The van der Waals surface area contributed by atoms with E-state index < -0.39 is 0 Å². The van der Waals surface area contributed by atoms with E-state index in [-0.39, 0.29) is 6.10 Å². The fourth-order valence-electron chi connectivity index (χ4n) is 1.76. The van der Waals surface area contributed by atoms with Gasteiger partial charge in [-0.05, 0) is 30.0 Å². The lowest BCUT2D eigenvalue weighted by atomic mass is 9.94. The molecule has 0 aromatic heterocycles. The molecule has 0 spiro atoms. The van der Waals surface area contributed by atoms with E-state index >= 15 is 0 Å². The molecule has 3 heteroatoms. The number of hydrogen-bond donors (Lipinski definition) is 1. The average Bonchev–Trinajstić information content (AvgIpc) is 2.22. The molecule has 0 aliphatic heterocycles. The van der Waals surface area contributed by atoms with E-state index in [0.29, 0.717) is 12.3 Å². The quantitative estimate of drug-likeness (QED) is 0.852. The molecule has 0 radical (unpaired) electrons. The van der Waals surface area contributed by atoms with E-state index in [1.807, 2.05) is 18.2 Å². The molecule has 1 aromatic carbocycles. The van der Waals surface area contributed by atoms with Crippen LogP contribution in [-0.4, -0.2) is 11.2 Å². The molecule has 0 fully saturated rings. The molecule has 2 atom stereocenters. The lowest BCUT2D eigenvalue weighted by molar-refractivity contribution is 0.111. The van der Waals surface area contributed by atoms with Gasteiger partial charge in [-0.15, -0.1) is 0 Å². The molecule has 1 rings (SSSR count). The lowest BCUT2D eigenvalue weighted by Gasteiger charge is -2.18. The number of rotatable bonds is 5. The number of hydrogen-bond acceptors (Lipinski definition) is 1. The summed E-state index contributed by atoms with van der Waals surface area (Å²) in [7, 11) is 0. The van der Waals surface area contributed by atoms with Gasteiger partial charge in [0.25, 0.3) is 0 Å². The maximum absolute atomic E-state index is 10.0. The van der Waals surface area contributed by atoms with Crippen molar-refractivity contribution < 1.29 is 5.11 Å². The van der Waals surface area contributed by atoms with Crippen molar-refractivity contribution in [1.82, 2.24) is 0 Å². The van der Waals surface area contributed by atoms with Gasteiger partial charge in [-0.25, -0.2) is 0 Å². The van der Waals surface area contributed by atoms with Gasteiger partial charge >= 0.3 is 0 Å². The van der Waals surface area contributed by atoms with Crippen LogP contribution in [0.3, 0.4) is 0 Å². The summed E-state index contributed by atoms with van der Waals surface area (Å²) in [6.07, 6.45) is 2.48. The predicted molar refractivity (Wildman–Crippen MR) is 72.9 cm³/mol. The minimum atomic E-state index is -0.307. The van der Waals surface area contributed by atoms with Crippen molar-refractivity contribution in [2.45, 2.75) is 39.2 Å². The standard InChI is InChI=1S/C13H18BrClO/c1-3-4-9(2)13(16)7-10-5-6-11(14)8-12(10)15/h5-6,8-9,13,16H,3-4,7H2,1-2H3. The fraction of sp³-hybridized carbons (Fsp3) is 0.538. The summed E-state index contributed by atoms with van der Waals surface area (Å²) in [5.74, 6) is 0.324. The van der Waals surface area contributed by atoms with Gasteiger partial charge in [-0.1, -0.05) is 53.9 Å². The van der Waals surface area contributed by atoms with Crippen LogP contribution in [0.2, 0.25) is 5.02 Å². The topological polar surface area (TPSA) is 20.2 Å². The molecule has 1 aromatic rings. The molecule has 1 nitrogen and oxygen atoms in total. The van der Waals surface area contributed by atoms with E-state index in [9.17, 15) is 5.11 Å². The smallest absolute Gasteiger partial charge is 0.0606 e. The maximum Gasteiger partial charge on any atom is 0.0606 e. The van der Waals surface area contributed by atoms with Crippen LogP contribution in [0, 0.1) is 5.92 Å². The van der Waals surface area contributed by atoms with Gasteiger partial charge in [0.2, 0.25) is 0 Å². The Bertz CT molecular complexity index is 341. The summed E-state index contributed by atoms with van der Waals surface area (Å²) in [4.78, 5) is 0. The molecule has 0 aliphatic carbocycles. The van der Waals surface area contributed by atoms with Crippen LogP contribution in [-0.2, 0) is 6.42 Å². The second-order valence-electron chi connectivity index (χ2n) is 4.27. The number of benzene rings is 1. The second-order valence-corrected chi connectivity index (χ2v) is 5.60. The summed E-state index contributed by atoms with van der Waals surface area (Å²) < 4.78 is 0.970. The Labute approximate surface area is 111 Å². The van der Waals surface area contributed by atoms with Crippen molar-refractivity contribution in [2.24, 2.45) is 5.92 Å². The van der Waals surface area contributed by atoms with Crippen LogP contribution < -0.4 is 0 Å². The van der Waals surface area contributed by atoms with E-state index in [1.165, 1.54) is 0 Å². The Balaban J connectivity index is 2.65. The van der Waals surface area contributed by atoms with E-state index in [2.05, 4.69) is 29.8 Å². The molecule has 16 heavy (non-hydrogen) atoms. The van der Waals surface area contributed by atoms with Crippen molar-refractivity contribution in [2.75, 3.05) is 0 Å². The molecule has 0 bridgehead atoms. The van der Waals surface area contributed by atoms with Crippen LogP contribution in [0.4, 0.5) is 0 Å². The zero-order chi connectivity index (χ0) is 12.1. The third-order valence-corrected chi connectivity index (χ3v) is 3.69. The molecule has 0 amide bonds. The Morgan fingerprint density at radius 1 is 1.44 bits per heavy atom. The molecular weight excluding hydrogens is 287 g/mol. The molecule has 0 aliphatic rings. The van der Waals surface area contributed by atoms with Gasteiger partial charge in [-0.2, -0.15) is 0 Å². The summed E-state index contributed by atoms with van der Waals surface area (Å²) in [5.41, 5.74) is 1.01. The highest BCUT2D eigenvalue weighted by molar-refractivity contribution is 9.10. The Morgan fingerprint density at radius 2 is 2.12 bits per heavy atom. The first-order valence-corrected chi connectivity index (χ1v) is 6.83. The van der Waals surface area contributed by atoms with Crippen molar-refractivity contribution >= 4 is 27.5 Å². The highest BCUT2D eigenvalue weighted by Crippen LogP contribution is 2.24. The van der Waals surface area contributed by atoms with Crippen molar-refractivity contribution in [3.8, 4) is 0 Å². The highest BCUT2D eigenvalue weighted by Gasteiger charge is 2.15. The van der Waals surface area contributed by atoms with Crippen LogP contribution in [0.1, 0.15) is 32.3 Å². The van der Waals surface area contributed by atoms with Crippen LogP contribution in [0.15, 0.2) is 22.7 Å². The van der Waals surface area contributed by atoms with Gasteiger partial charge in [-0.3, -0.25) is 0 Å². The monoisotopic (exact) mass is 304 g/mol. The normalized spacial score (nSPS) is 14.8. The van der Waals surface area contributed by atoms with Gasteiger partial charge in [0.1, 0.15) is 0 Å². The van der Waals surface area contributed by atoms with Crippen LogP contribution in [0.25, 0.3) is 0 Å². The van der Waals surface area contributed by atoms with Gasteiger partial charge < -0.3 is 5.11 Å². The van der Waals surface area contributed by atoms with Crippen LogP contribution in [0.5, 0.6) is 0 Å². The summed E-state index contributed by atoms with van der Waals surface area (Å²) in [6, 6.07) is 5.79. The zero-order valence-corrected chi connectivity index (χ0v) is 12.1. The van der Waals surface area contributed by atoms with Gasteiger partial charge in [0.05, 0.1) is 6.10 Å². The minimum Gasteiger partial charge on any atom is -0.393 e. The van der Waals surface area contributed by atoms with Crippen LogP contribution >= 0.6 is 27.5 Å². The molecule has 90 valence electrons. The molecule has 0 saturated heterocycles. The minimum absolute atomic E-state index is 0.307. The number of aliphatic hydroxyl groups excluding tert-OH is 1. The van der Waals surface area contributed by atoms with Crippen molar-refractivity contribution in [3.05, 3.63) is 33.3 Å². The van der Waals surface area contributed by atoms with Crippen molar-refractivity contribution in [1.29, 1.82) is 0 Å². The second kappa shape index (κ2) is 6.63. The predicted octanol–water partition coefficient (Wildman–Crippen LogP) is 4.44. The molecular formula is C13H18BrClO. The maximum atomic E-state index is 10.0.